The van der Waals surface area contributed by atoms with Gasteiger partial charge >= 0.3 is 5.69 Å². The van der Waals surface area contributed by atoms with Crippen LogP contribution in [0.1, 0.15) is 5.01 Å². The fourth-order valence-corrected chi connectivity index (χ4v) is 2.19. The number of thiazole rings is 1. The van der Waals surface area contributed by atoms with Crippen LogP contribution in [0.5, 0.6) is 5.75 Å². The number of nitro groups is 1. The third-order valence-electron chi connectivity index (χ3n) is 1.80. The lowest BCUT2D eigenvalue weighted by molar-refractivity contribution is -0.383. The second-order valence-corrected chi connectivity index (χ2v) is 3.97. The number of phenols is 1. The highest BCUT2D eigenvalue weighted by molar-refractivity contribution is 7.19. The molecule has 0 spiro atoms. The Morgan fingerprint density at radius 2 is 2.29 bits per heavy atom. The van der Waals surface area contributed by atoms with E-state index in [0.29, 0.717) is 10.2 Å². The van der Waals surface area contributed by atoms with E-state index in [9.17, 15) is 15.2 Å². The minimum Gasteiger partial charge on any atom is -0.502 e. The van der Waals surface area contributed by atoms with Gasteiger partial charge in [0.15, 0.2) is 5.75 Å². The van der Waals surface area contributed by atoms with E-state index in [2.05, 4.69) is 4.98 Å². The Morgan fingerprint density at radius 1 is 1.57 bits per heavy atom. The monoisotopic (exact) mass is 210 g/mol. The SMILES string of the molecule is Cc1nc2ccc(O)c([N+](=O)[O-])c2s1. The smallest absolute Gasteiger partial charge is 0.329 e. The maximum Gasteiger partial charge on any atom is 0.329 e. The summed E-state index contributed by atoms with van der Waals surface area (Å²) in [6.45, 7) is 1.77. The molecule has 0 aliphatic heterocycles. The molecule has 1 heterocycles. The molecule has 14 heavy (non-hydrogen) atoms. The van der Waals surface area contributed by atoms with E-state index in [1.54, 1.807) is 13.0 Å². The molecule has 0 saturated carbocycles. The number of fused-ring (bicyclic) bond motifs is 1. The largest absolute Gasteiger partial charge is 0.502 e. The van der Waals surface area contributed by atoms with Gasteiger partial charge in [-0.25, -0.2) is 4.98 Å². The van der Waals surface area contributed by atoms with E-state index >= 15 is 0 Å². The first-order valence-corrected chi connectivity index (χ1v) is 4.65. The molecule has 6 heteroatoms. The van der Waals surface area contributed by atoms with Crippen molar-refractivity contribution in [2.24, 2.45) is 0 Å². The highest BCUT2D eigenvalue weighted by Gasteiger charge is 2.20. The quantitative estimate of drug-likeness (QED) is 0.578. The van der Waals surface area contributed by atoms with Crippen molar-refractivity contribution in [3.63, 3.8) is 0 Å². The minimum absolute atomic E-state index is 0.256. The lowest BCUT2D eigenvalue weighted by Crippen LogP contribution is -1.88. The van der Waals surface area contributed by atoms with Crippen molar-refractivity contribution >= 4 is 27.2 Å². The first-order chi connectivity index (χ1) is 6.59. The van der Waals surface area contributed by atoms with Crippen LogP contribution in [-0.4, -0.2) is 15.0 Å². The highest BCUT2D eigenvalue weighted by atomic mass is 32.1. The van der Waals surface area contributed by atoms with Crippen LogP contribution in [0, 0.1) is 17.0 Å². The van der Waals surface area contributed by atoms with Gasteiger partial charge < -0.3 is 5.11 Å². The summed E-state index contributed by atoms with van der Waals surface area (Å²) >= 11 is 1.21. The Kier molecular flexibility index (Phi) is 1.85. The Balaban J connectivity index is 2.88. The van der Waals surface area contributed by atoms with E-state index in [0.717, 1.165) is 5.01 Å². The van der Waals surface area contributed by atoms with Gasteiger partial charge in [0.2, 0.25) is 0 Å². The number of nitrogens with zero attached hydrogens (tertiary/aromatic N) is 2. The molecule has 72 valence electrons. The Bertz CT molecular complexity index is 521. The Labute approximate surface area is 82.8 Å². The number of hydrogen-bond donors (Lipinski definition) is 1. The zero-order valence-corrected chi connectivity index (χ0v) is 8.04. The molecule has 2 rings (SSSR count). The van der Waals surface area contributed by atoms with Crippen LogP contribution in [0.25, 0.3) is 10.2 Å². The second kappa shape index (κ2) is 2.91. The van der Waals surface area contributed by atoms with E-state index in [1.807, 2.05) is 0 Å². The lowest BCUT2D eigenvalue weighted by Gasteiger charge is -1.94. The third kappa shape index (κ3) is 1.20. The van der Waals surface area contributed by atoms with Crippen LogP contribution in [0.4, 0.5) is 5.69 Å². The van der Waals surface area contributed by atoms with Gasteiger partial charge in [-0.3, -0.25) is 10.1 Å². The molecule has 0 radical (unpaired) electrons. The Morgan fingerprint density at radius 3 is 2.93 bits per heavy atom. The zero-order valence-electron chi connectivity index (χ0n) is 7.22. The molecule has 1 aromatic heterocycles. The molecule has 1 aromatic carbocycles. The number of phenolic OH excluding ortho intramolecular Hbond substituents is 1. The van der Waals surface area contributed by atoms with Crippen molar-refractivity contribution < 1.29 is 10.0 Å². The molecule has 2 aromatic rings. The molecular weight excluding hydrogens is 204 g/mol. The molecule has 1 N–H and O–H groups in total. The predicted octanol–water partition coefficient (Wildman–Crippen LogP) is 2.22. The molecular formula is C8H6N2O3S. The number of aromatic nitrogens is 1. The minimum atomic E-state index is -0.588. The van der Waals surface area contributed by atoms with E-state index < -0.39 is 4.92 Å². The Hall–Kier alpha value is -1.69. The van der Waals surface area contributed by atoms with E-state index in [4.69, 9.17) is 0 Å². The van der Waals surface area contributed by atoms with Gasteiger partial charge in [-0.2, -0.15) is 0 Å². The molecule has 0 aliphatic rings. The van der Waals surface area contributed by atoms with Gasteiger partial charge in [-0.15, -0.1) is 11.3 Å². The summed E-state index contributed by atoms with van der Waals surface area (Å²) < 4.78 is 0.424. The fourth-order valence-electron chi connectivity index (χ4n) is 1.26. The molecule has 0 saturated heterocycles. The van der Waals surface area contributed by atoms with Crippen LogP contribution < -0.4 is 0 Å². The summed E-state index contributed by atoms with van der Waals surface area (Å²) in [6.07, 6.45) is 0. The van der Waals surface area contributed by atoms with Crippen LogP contribution in [0.15, 0.2) is 12.1 Å². The zero-order chi connectivity index (χ0) is 10.3. The predicted molar refractivity (Wildman–Crippen MR) is 52.7 cm³/mol. The molecule has 0 aliphatic carbocycles. The number of aromatic hydroxyl groups is 1. The van der Waals surface area contributed by atoms with Crippen molar-refractivity contribution in [1.29, 1.82) is 0 Å². The molecule has 5 nitrogen and oxygen atoms in total. The highest BCUT2D eigenvalue weighted by Crippen LogP contribution is 2.37. The van der Waals surface area contributed by atoms with Gasteiger partial charge in [-0.1, -0.05) is 0 Å². The number of nitro benzene ring substituents is 1. The summed E-state index contributed by atoms with van der Waals surface area (Å²) in [7, 11) is 0. The standard InChI is InChI=1S/C8H6N2O3S/c1-4-9-5-2-3-6(11)7(10(12)13)8(5)14-4/h2-3,11H,1H3. The molecule has 0 amide bonds. The lowest BCUT2D eigenvalue weighted by atomic mass is 10.3. The number of aryl methyl sites for hydroxylation is 1. The van der Waals surface area contributed by atoms with Gasteiger partial charge in [0, 0.05) is 0 Å². The van der Waals surface area contributed by atoms with Gasteiger partial charge in [0.1, 0.15) is 4.70 Å². The normalized spacial score (nSPS) is 10.6. The fraction of sp³-hybridized carbons (Fsp3) is 0.125. The third-order valence-corrected chi connectivity index (χ3v) is 2.79. The van der Waals surface area contributed by atoms with Crippen LogP contribution in [-0.2, 0) is 0 Å². The topological polar surface area (TPSA) is 76.3 Å². The van der Waals surface area contributed by atoms with Crippen molar-refractivity contribution in [2.45, 2.75) is 6.92 Å². The van der Waals surface area contributed by atoms with Gasteiger partial charge in [-0.05, 0) is 19.1 Å². The van der Waals surface area contributed by atoms with Crippen molar-refractivity contribution in [2.75, 3.05) is 0 Å². The number of hydrogen-bond acceptors (Lipinski definition) is 5. The average Bonchev–Trinajstić information content (AvgIpc) is 2.43. The summed E-state index contributed by atoms with van der Waals surface area (Å²) in [5.74, 6) is -0.314. The van der Waals surface area contributed by atoms with E-state index in [1.165, 1.54) is 17.4 Å². The van der Waals surface area contributed by atoms with Crippen LogP contribution in [0.2, 0.25) is 0 Å². The van der Waals surface area contributed by atoms with Gasteiger partial charge in [0.05, 0.1) is 15.4 Å². The maximum absolute atomic E-state index is 10.7. The number of benzene rings is 1. The summed E-state index contributed by atoms with van der Waals surface area (Å²) in [4.78, 5) is 14.2. The summed E-state index contributed by atoms with van der Waals surface area (Å²) in [6, 6.07) is 2.86. The molecule has 0 unspecified atom stereocenters. The second-order valence-electron chi connectivity index (χ2n) is 2.77. The molecule has 0 bridgehead atoms. The van der Waals surface area contributed by atoms with Crippen molar-refractivity contribution in [3.05, 3.63) is 27.3 Å². The number of rotatable bonds is 1. The average molecular weight is 210 g/mol. The maximum atomic E-state index is 10.7. The summed E-state index contributed by atoms with van der Waals surface area (Å²) in [5.41, 5.74) is 0.296. The van der Waals surface area contributed by atoms with Crippen LogP contribution >= 0.6 is 11.3 Å². The first-order valence-electron chi connectivity index (χ1n) is 3.83. The van der Waals surface area contributed by atoms with Crippen molar-refractivity contribution in [3.8, 4) is 5.75 Å². The van der Waals surface area contributed by atoms with E-state index in [-0.39, 0.29) is 11.4 Å². The summed E-state index contributed by atoms with van der Waals surface area (Å²) in [5, 5.41) is 20.7. The van der Waals surface area contributed by atoms with Gasteiger partial charge in [0.25, 0.3) is 0 Å². The molecule has 0 atom stereocenters. The first kappa shape index (κ1) is 8.89. The van der Waals surface area contributed by atoms with Crippen LogP contribution in [0.3, 0.4) is 0 Å². The molecule has 0 fully saturated rings. The van der Waals surface area contributed by atoms with Crippen molar-refractivity contribution in [1.82, 2.24) is 4.98 Å².